The van der Waals surface area contributed by atoms with E-state index in [-0.39, 0.29) is 0 Å². The highest BCUT2D eigenvalue weighted by Crippen LogP contribution is 2.63. The van der Waals surface area contributed by atoms with Gasteiger partial charge in [-0.1, -0.05) is 79.6 Å². The molecule has 136 valence electrons. The molecule has 3 atom stereocenters. The zero-order valence-electron chi connectivity index (χ0n) is 15.3. The average molecular weight is 383 g/mol. The minimum absolute atomic E-state index is 0.302. The first kappa shape index (κ1) is 18.2. The highest BCUT2D eigenvalue weighted by atomic mass is 32.2. The number of benzene rings is 2. The molecule has 0 spiro atoms. The molecule has 2 aromatic carbocycles. The van der Waals surface area contributed by atoms with Gasteiger partial charge in [-0.2, -0.15) is 0 Å². The molecule has 26 heavy (non-hydrogen) atoms. The predicted octanol–water partition coefficient (Wildman–Crippen LogP) is 5.42. The van der Waals surface area contributed by atoms with E-state index in [9.17, 15) is 0 Å². The Balaban J connectivity index is 1.79. The van der Waals surface area contributed by atoms with Gasteiger partial charge in [0.15, 0.2) is 0 Å². The second-order valence-corrected chi connectivity index (χ2v) is 10.4. The lowest BCUT2D eigenvalue weighted by molar-refractivity contribution is -0.360. The number of rotatable bonds is 5. The van der Waals surface area contributed by atoms with Crippen molar-refractivity contribution in [1.82, 2.24) is 0 Å². The molecular weight excluding hydrogens is 354 g/mol. The maximum absolute atomic E-state index is 4.11. The molecule has 3 heteroatoms. The van der Waals surface area contributed by atoms with Gasteiger partial charge in [-0.15, -0.1) is 23.5 Å². The van der Waals surface area contributed by atoms with Gasteiger partial charge < -0.3 is 5.73 Å². The van der Waals surface area contributed by atoms with Gasteiger partial charge in [-0.3, -0.25) is 0 Å². The van der Waals surface area contributed by atoms with E-state index in [2.05, 4.69) is 96.0 Å². The Morgan fingerprint density at radius 2 is 1.73 bits per heavy atom. The summed E-state index contributed by atoms with van der Waals surface area (Å²) in [5, 5.41) is 0. The van der Waals surface area contributed by atoms with Crippen LogP contribution >= 0.6 is 23.5 Å². The molecule has 0 unspecified atom stereocenters. The first-order valence-corrected chi connectivity index (χ1v) is 11.6. The zero-order chi connectivity index (χ0) is 17.8. The summed E-state index contributed by atoms with van der Waals surface area (Å²) in [7, 11) is 0. The summed E-state index contributed by atoms with van der Waals surface area (Å²) >= 11 is 4.34. The lowest BCUT2D eigenvalue weighted by Gasteiger charge is -2.49. The average Bonchev–Trinajstić information content (AvgIpc) is 2.72. The van der Waals surface area contributed by atoms with Crippen LogP contribution in [0.2, 0.25) is 0 Å². The largest absolute Gasteiger partial charge is 0.357 e. The molecule has 4 rings (SSSR count). The van der Waals surface area contributed by atoms with Crippen molar-refractivity contribution in [2.45, 2.75) is 35.7 Å². The maximum Gasteiger partial charge on any atom is 0.0832 e. The molecule has 1 aliphatic carbocycles. The van der Waals surface area contributed by atoms with Gasteiger partial charge in [0.1, 0.15) is 0 Å². The van der Waals surface area contributed by atoms with Crippen LogP contribution in [0, 0.1) is 5.92 Å². The van der Waals surface area contributed by atoms with Gasteiger partial charge in [0, 0.05) is 16.6 Å². The topological polar surface area (TPSA) is 27.6 Å². The lowest BCUT2D eigenvalue weighted by Crippen LogP contribution is -2.52. The van der Waals surface area contributed by atoms with E-state index < -0.39 is 0 Å². The number of hydrogen-bond donors (Lipinski definition) is 1. The molecule has 1 heterocycles. The van der Waals surface area contributed by atoms with Gasteiger partial charge in [-0.05, 0) is 29.9 Å². The van der Waals surface area contributed by atoms with Crippen LogP contribution in [0.4, 0.5) is 0 Å². The normalized spacial score (nSPS) is 28.3. The molecule has 0 amide bonds. The van der Waals surface area contributed by atoms with E-state index in [0.29, 0.717) is 15.9 Å². The molecule has 0 saturated heterocycles. The summed E-state index contributed by atoms with van der Waals surface area (Å²) < 4.78 is 0.302. The second kappa shape index (κ2) is 8.24. The van der Waals surface area contributed by atoms with Crippen LogP contribution in [0.3, 0.4) is 0 Å². The first-order chi connectivity index (χ1) is 12.8. The molecule has 3 N–H and O–H groups in total. The Kier molecular flexibility index (Phi) is 5.78. The Labute approximate surface area is 165 Å². The van der Waals surface area contributed by atoms with Gasteiger partial charge in [-0.25, -0.2) is 0 Å². The van der Waals surface area contributed by atoms with E-state index in [1.807, 2.05) is 0 Å². The number of quaternary nitrogens is 1. The summed E-state index contributed by atoms with van der Waals surface area (Å²) in [6.45, 7) is 1.01. The van der Waals surface area contributed by atoms with Crippen LogP contribution in [0.25, 0.3) is 4.91 Å². The van der Waals surface area contributed by atoms with Crippen LogP contribution in [0.1, 0.15) is 42.7 Å². The summed E-state index contributed by atoms with van der Waals surface area (Å²) in [4.78, 5) is 1.47. The lowest BCUT2D eigenvalue weighted by atomic mass is 9.75. The van der Waals surface area contributed by atoms with E-state index in [1.54, 1.807) is 0 Å². The highest BCUT2D eigenvalue weighted by Gasteiger charge is 2.48. The molecule has 1 nitrogen and oxygen atoms in total. The number of hydrogen-bond acceptors (Lipinski definition) is 2. The SMILES string of the molecule is [NH3+]CCS[C@]12CCCC[C@@H]1[C@H](c1ccccc1)C=C(c1ccccc1)S2. The fourth-order valence-electron chi connectivity index (χ4n) is 4.44. The summed E-state index contributed by atoms with van der Waals surface area (Å²) in [6.07, 6.45) is 7.96. The first-order valence-electron chi connectivity index (χ1n) is 9.77. The molecule has 2 aliphatic rings. The van der Waals surface area contributed by atoms with E-state index in [4.69, 9.17) is 0 Å². The van der Waals surface area contributed by atoms with Crippen molar-refractivity contribution in [3.63, 3.8) is 0 Å². The Morgan fingerprint density at radius 3 is 2.46 bits per heavy atom. The monoisotopic (exact) mass is 382 g/mol. The molecule has 2 aromatic rings. The molecule has 1 fully saturated rings. The van der Waals surface area contributed by atoms with Crippen molar-refractivity contribution in [3.8, 4) is 0 Å². The fourth-order valence-corrected chi connectivity index (χ4v) is 7.95. The van der Waals surface area contributed by atoms with Crippen molar-refractivity contribution < 1.29 is 5.73 Å². The van der Waals surface area contributed by atoms with Crippen LogP contribution in [-0.4, -0.2) is 16.4 Å². The van der Waals surface area contributed by atoms with Gasteiger partial charge >= 0.3 is 0 Å². The third kappa shape index (κ3) is 3.62. The third-order valence-corrected chi connectivity index (χ3v) is 9.17. The summed E-state index contributed by atoms with van der Waals surface area (Å²) in [5.41, 5.74) is 6.97. The minimum Gasteiger partial charge on any atom is -0.357 e. The number of fused-ring (bicyclic) bond motifs is 1. The minimum atomic E-state index is 0.302. The Bertz CT molecular complexity index is 743. The van der Waals surface area contributed by atoms with E-state index >= 15 is 0 Å². The number of allylic oxidation sites excluding steroid dienone is 1. The van der Waals surface area contributed by atoms with Gasteiger partial charge in [0.25, 0.3) is 0 Å². The molecule has 0 aromatic heterocycles. The van der Waals surface area contributed by atoms with Crippen molar-refractivity contribution >= 4 is 28.4 Å². The Morgan fingerprint density at radius 1 is 1.00 bits per heavy atom. The van der Waals surface area contributed by atoms with Gasteiger partial charge in [0.2, 0.25) is 0 Å². The summed E-state index contributed by atoms with van der Waals surface area (Å²) in [5.74, 6) is 2.39. The van der Waals surface area contributed by atoms with Crippen LogP contribution in [-0.2, 0) is 0 Å². The van der Waals surface area contributed by atoms with Crippen molar-refractivity contribution in [3.05, 3.63) is 77.9 Å². The Hall–Kier alpha value is -1.16. The highest BCUT2D eigenvalue weighted by molar-refractivity contribution is 8.22. The maximum atomic E-state index is 4.11. The van der Waals surface area contributed by atoms with Crippen molar-refractivity contribution in [2.24, 2.45) is 5.92 Å². The van der Waals surface area contributed by atoms with Crippen molar-refractivity contribution in [2.75, 3.05) is 12.3 Å². The standard InChI is InChI=1S/C23H27NS2/c24-15-16-25-23-14-8-7-13-21(23)20(18-9-3-1-4-10-18)17-22(26-23)19-11-5-2-6-12-19/h1-6,9-12,17,20-21H,7-8,13-16,24H2/p+1/t20-,21+,23-/m0/s1. The third-order valence-electron chi connectivity index (χ3n) is 5.64. The predicted molar refractivity (Wildman–Crippen MR) is 116 cm³/mol. The van der Waals surface area contributed by atoms with E-state index in [1.165, 1.54) is 41.7 Å². The van der Waals surface area contributed by atoms with Gasteiger partial charge in [0.05, 0.1) is 10.6 Å². The molecular formula is C23H28NS2+. The van der Waals surface area contributed by atoms with Crippen LogP contribution in [0.5, 0.6) is 0 Å². The smallest absolute Gasteiger partial charge is 0.0832 e. The zero-order valence-corrected chi connectivity index (χ0v) is 16.9. The second-order valence-electron chi connectivity index (χ2n) is 7.30. The molecule has 1 aliphatic heterocycles. The van der Waals surface area contributed by atoms with E-state index in [0.717, 1.165) is 12.3 Å². The quantitative estimate of drug-likeness (QED) is 0.748. The van der Waals surface area contributed by atoms with Crippen molar-refractivity contribution in [1.29, 1.82) is 0 Å². The fraction of sp³-hybridized carbons (Fsp3) is 0.391. The van der Waals surface area contributed by atoms with Crippen LogP contribution < -0.4 is 5.73 Å². The molecule has 0 bridgehead atoms. The molecule has 0 radical (unpaired) electrons. The molecule has 1 saturated carbocycles. The summed E-state index contributed by atoms with van der Waals surface area (Å²) in [6, 6.07) is 22.1. The van der Waals surface area contributed by atoms with Crippen LogP contribution in [0.15, 0.2) is 66.7 Å². The number of thioether (sulfide) groups is 2.